The van der Waals surface area contributed by atoms with Crippen LogP contribution in [0.5, 0.6) is 0 Å². The molecule has 0 saturated heterocycles. The quantitative estimate of drug-likeness (QED) is 0.428. The van der Waals surface area contributed by atoms with Crippen molar-refractivity contribution in [2.45, 2.75) is 25.4 Å². The summed E-state index contributed by atoms with van der Waals surface area (Å²) in [6.07, 6.45) is 0. The summed E-state index contributed by atoms with van der Waals surface area (Å²) in [7, 11) is 4.19. The molecule has 0 aliphatic heterocycles. The average molecular weight is 187 g/mol. The van der Waals surface area contributed by atoms with Gasteiger partial charge in [0.05, 0.1) is 7.11 Å². The van der Waals surface area contributed by atoms with Crippen molar-refractivity contribution in [3.8, 4) is 0 Å². The minimum Gasteiger partial charge on any atom is -0.468 e. The van der Waals surface area contributed by atoms with Crippen LogP contribution in [0.15, 0.2) is 0 Å². The molecule has 0 spiro atoms. The summed E-state index contributed by atoms with van der Waals surface area (Å²) in [4.78, 5) is 11.1. The number of hydrogen-bond acceptors (Lipinski definition) is 5. The molecule has 0 heterocycles. The Morgan fingerprint density at radius 3 is 2.46 bits per heavy atom. The zero-order valence-electron chi connectivity index (χ0n) is 8.46. The van der Waals surface area contributed by atoms with Gasteiger partial charge in [-0.05, 0) is 13.8 Å². The fourth-order valence-electron chi connectivity index (χ4n) is 0.722. The molecule has 1 radical (unpaired) electrons. The fourth-order valence-corrected chi connectivity index (χ4v) is 0.722. The summed E-state index contributed by atoms with van der Waals surface area (Å²) in [5.74, 6) is -0.456. The number of methoxy groups -OCH3 is 1. The number of ether oxygens (including phenoxy) is 1. The van der Waals surface area contributed by atoms with E-state index in [0.717, 1.165) is 0 Å². The normalized spacial score (nSPS) is 13.6. The van der Waals surface area contributed by atoms with Crippen LogP contribution < -0.4 is 11.0 Å². The van der Waals surface area contributed by atoms with Gasteiger partial charge in [-0.2, -0.15) is 0 Å². The first kappa shape index (κ1) is 12.4. The van der Waals surface area contributed by atoms with Crippen molar-refractivity contribution in [1.82, 2.24) is 5.23 Å². The Morgan fingerprint density at radius 2 is 2.08 bits per heavy atom. The zero-order chi connectivity index (χ0) is 10.5. The molecule has 0 aromatic rings. The van der Waals surface area contributed by atoms with Crippen LogP contribution in [-0.4, -0.2) is 39.4 Å². The highest BCUT2D eigenvalue weighted by atomic mass is 16.5. The van der Waals surface area contributed by atoms with Gasteiger partial charge in [-0.15, -0.1) is 0 Å². The molecule has 6 heteroatoms. The third kappa shape index (κ3) is 3.76. The largest absolute Gasteiger partial charge is 0.468 e. The zero-order valence-corrected chi connectivity index (χ0v) is 8.46. The molecular weight excluding hydrogens is 171 g/mol. The number of nitrogens with one attached hydrogen (secondary N) is 1. The highest BCUT2D eigenvalue weighted by Gasteiger charge is 2.32. The van der Waals surface area contributed by atoms with Crippen molar-refractivity contribution in [2.75, 3.05) is 14.2 Å². The second-order valence-electron chi connectivity index (χ2n) is 3.22. The van der Waals surface area contributed by atoms with E-state index >= 15 is 0 Å². The van der Waals surface area contributed by atoms with Crippen molar-refractivity contribution in [3.05, 3.63) is 0 Å². The summed E-state index contributed by atoms with van der Waals surface area (Å²) in [5.41, 5.74) is 5.04. The Morgan fingerprint density at radius 1 is 1.54 bits per heavy atom. The highest BCUT2D eigenvalue weighted by Crippen LogP contribution is 2.07. The van der Waals surface area contributed by atoms with Gasteiger partial charge in [0.25, 0.3) is 0 Å². The molecule has 0 amide bonds. The lowest BCUT2D eigenvalue weighted by Crippen LogP contribution is -2.59. The maximum Gasteiger partial charge on any atom is 0.396 e. The van der Waals surface area contributed by atoms with Gasteiger partial charge in [-0.3, -0.25) is 4.79 Å². The first-order valence-corrected chi connectivity index (χ1v) is 3.91. The standard InChI is InChI=1S/C7H16BN2O3/c1-7(2,10-8-13-4)5(9)6(11)12-3/h5,10H,9H2,1-4H3/t5-/m0/s1. The van der Waals surface area contributed by atoms with Gasteiger partial charge in [0.15, 0.2) is 0 Å². The van der Waals surface area contributed by atoms with E-state index in [1.54, 1.807) is 13.8 Å². The molecule has 75 valence electrons. The van der Waals surface area contributed by atoms with E-state index in [1.807, 2.05) is 0 Å². The number of rotatable bonds is 5. The first-order chi connectivity index (χ1) is 5.95. The van der Waals surface area contributed by atoms with Crippen molar-refractivity contribution in [1.29, 1.82) is 0 Å². The predicted octanol–water partition coefficient (Wildman–Crippen LogP) is -0.964. The molecule has 3 N–H and O–H groups in total. The van der Waals surface area contributed by atoms with Gasteiger partial charge < -0.3 is 20.4 Å². The van der Waals surface area contributed by atoms with E-state index in [2.05, 4.69) is 9.96 Å². The molecule has 13 heavy (non-hydrogen) atoms. The third-order valence-corrected chi connectivity index (χ3v) is 1.78. The van der Waals surface area contributed by atoms with Gasteiger partial charge in [-0.25, -0.2) is 0 Å². The first-order valence-electron chi connectivity index (χ1n) is 3.91. The second kappa shape index (κ2) is 5.21. The summed E-state index contributed by atoms with van der Waals surface area (Å²) >= 11 is 0. The SMILES string of the molecule is CO[B]NC(C)(C)[C@@H](N)C(=O)OC. The van der Waals surface area contributed by atoms with Crippen LogP contribution in [0.1, 0.15) is 13.8 Å². The molecule has 0 aromatic heterocycles. The van der Waals surface area contributed by atoms with Crippen LogP contribution in [0.2, 0.25) is 0 Å². The Labute approximate surface area is 79.3 Å². The van der Waals surface area contributed by atoms with Crippen molar-refractivity contribution < 1.29 is 14.2 Å². The Balaban J connectivity index is 4.17. The number of carbonyl (C=O) groups excluding carboxylic acids is 1. The molecule has 5 nitrogen and oxygen atoms in total. The van der Waals surface area contributed by atoms with Gasteiger partial charge in [0.1, 0.15) is 6.04 Å². The Bertz CT molecular complexity index is 175. The van der Waals surface area contributed by atoms with E-state index in [0.29, 0.717) is 0 Å². The van der Waals surface area contributed by atoms with Crippen LogP contribution in [0, 0.1) is 0 Å². The number of hydrogen-bond donors (Lipinski definition) is 2. The summed E-state index contributed by atoms with van der Waals surface area (Å²) in [6.45, 7) is 3.56. The van der Waals surface area contributed by atoms with E-state index < -0.39 is 17.6 Å². The fraction of sp³-hybridized carbons (Fsp3) is 0.857. The number of carbonyl (C=O) groups is 1. The Kier molecular flexibility index (Phi) is 4.98. The van der Waals surface area contributed by atoms with Crippen molar-refractivity contribution in [3.63, 3.8) is 0 Å². The van der Waals surface area contributed by atoms with Crippen LogP contribution in [0.3, 0.4) is 0 Å². The molecule has 1 atom stereocenters. The lowest BCUT2D eigenvalue weighted by atomic mass is 9.92. The van der Waals surface area contributed by atoms with E-state index in [1.165, 1.54) is 21.8 Å². The molecule has 0 fully saturated rings. The molecule has 0 bridgehead atoms. The molecule has 0 saturated carbocycles. The van der Waals surface area contributed by atoms with Crippen molar-refractivity contribution >= 4 is 13.6 Å². The average Bonchev–Trinajstić information content (AvgIpc) is 2.12. The molecule has 0 aromatic carbocycles. The molecular formula is C7H16BN2O3. The minimum absolute atomic E-state index is 0.456. The van der Waals surface area contributed by atoms with Crippen LogP contribution in [0.25, 0.3) is 0 Å². The van der Waals surface area contributed by atoms with Crippen LogP contribution >= 0.6 is 0 Å². The lowest BCUT2D eigenvalue weighted by molar-refractivity contribution is -0.143. The van der Waals surface area contributed by atoms with Gasteiger partial charge in [0.2, 0.25) is 0 Å². The summed E-state index contributed by atoms with van der Waals surface area (Å²) in [6, 6.07) is -0.733. The topological polar surface area (TPSA) is 73.6 Å². The molecule has 0 aliphatic carbocycles. The number of nitrogens with two attached hydrogens (primary N) is 1. The van der Waals surface area contributed by atoms with Gasteiger partial charge >= 0.3 is 13.6 Å². The second-order valence-corrected chi connectivity index (χ2v) is 3.22. The smallest absolute Gasteiger partial charge is 0.396 e. The highest BCUT2D eigenvalue weighted by molar-refractivity contribution is 6.23. The van der Waals surface area contributed by atoms with E-state index in [9.17, 15) is 4.79 Å². The third-order valence-electron chi connectivity index (χ3n) is 1.78. The van der Waals surface area contributed by atoms with Crippen molar-refractivity contribution in [2.24, 2.45) is 5.73 Å². The molecule has 0 aliphatic rings. The lowest BCUT2D eigenvalue weighted by Gasteiger charge is -2.30. The summed E-state index contributed by atoms with van der Waals surface area (Å²) in [5, 5.41) is 2.85. The van der Waals surface area contributed by atoms with Crippen LogP contribution in [-0.2, 0) is 14.2 Å². The van der Waals surface area contributed by atoms with Gasteiger partial charge in [0, 0.05) is 12.6 Å². The van der Waals surface area contributed by atoms with E-state index in [4.69, 9.17) is 10.4 Å². The maximum absolute atomic E-state index is 11.1. The van der Waals surface area contributed by atoms with E-state index in [-0.39, 0.29) is 0 Å². The maximum atomic E-state index is 11.1. The number of esters is 1. The minimum atomic E-state index is -0.733. The monoisotopic (exact) mass is 187 g/mol. The summed E-state index contributed by atoms with van der Waals surface area (Å²) < 4.78 is 9.22. The predicted molar refractivity (Wildman–Crippen MR) is 50.0 cm³/mol. The molecule has 0 unspecified atom stereocenters. The van der Waals surface area contributed by atoms with Gasteiger partial charge in [-0.1, -0.05) is 0 Å². The Hall–Kier alpha value is -0.585. The molecule has 0 rings (SSSR count). The van der Waals surface area contributed by atoms with Crippen LogP contribution in [0.4, 0.5) is 0 Å².